The van der Waals surface area contributed by atoms with Gasteiger partial charge in [0.05, 0.1) is 45.1 Å². The molecule has 0 aliphatic rings. The number of aromatic nitrogens is 4. The van der Waals surface area contributed by atoms with Gasteiger partial charge < -0.3 is 51.3 Å². The van der Waals surface area contributed by atoms with Crippen LogP contribution in [0.4, 0.5) is 24.8 Å². The van der Waals surface area contributed by atoms with Crippen molar-refractivity contribution in [2.24, 2.45) is 0 Å². The van der Waals surface area contributed by atoms with Crippen molar-refractivity contribution in [3.05, 3.63) is 34.9 Å². The summed E-state index contributed by atoms with van der Waals surface area (Å²) in [4.78, 5) is 33.8. The minimum Gasteiger partial charge on any atom is -0.483 e. The third-order valence-electron chi connectivity index (χ3n) is 4.99. The number of nitrogen functional groups attached to an aromatic ring is 2. The number of nitrogens with zero attached hydrogens (tertiary/aromatic N) is 4. The maximum atomic E-state index is 12.7. The van der Waals surface area contributed by atoms with E-state index in [-0.39, 0.29) is 62.1 Å². The number of aliphatic hydroxyl groups excluding tert-OH is 3. The summed E-state index contributed by atoms with van der Waals surface area (Å²) < 4.78 is 44.6. The summed E-state index contributed by atoms with van der Waals surface area (Å²) >= 11 is 5.86. The van der Waals surface area contributed by atoms with E-state index in [2.05, 4.69) is 20.3 Å². The molecular weight excluding hydrogens is 583 g/mol. The molecule has 3 aromatic rings. The van der Waals surface area contributed by atoms with E-state index < -0.39 is 24.2 Å². The van der Waals surface area contributed by atoms with Gasteiger partial charge in [-0.05, 0) is 12.1 Å². The fourth-order valence-electron chi connectivity index (χ4n) is 3.13. The number of nitrogens with one attached hydrogen (secondary N) is 1. The number of aliphatic carboxylic acids is 1. The molecule has 2 aromatic heterocycles. The average molecular weight is 610 g/mol. The van der Waals surface area contributed by atoms with Crippen LogP contribution in [0.3, 0.4) is 0 Å². The zero-order valence-electron chi connectivity index (χ0n) is 21.1. The molecule has 0 bridgehead atoms. The van der Waals surface area contributed by atoms with Crippen molar-refractivity contribution in [1.82, 2.24) is 24.8 Å². The van der Waals surface area contributed by atoms with E-state index >= 15 is 0 Å². The number of benzene rings is 1. The number of hydrogen-bond donors (Lipinski definition) is 7. The van der Waals surface area contributed by atoms with Crippen LogP contribution in [0.5, 0.6) is 5.75 Å². The Kier molecular flexibility index (Phi) is 12.3. The molecule has 41 heavy (non-hydrogen) atoms. The zero-order chi connectivity index (χ0) is 30.7. The van der Waals surface area contributed by atoms with Crippen LogP contribution >= 0.6 is 11.6 Å². The van der Waals surface area contributed by atoms with Crippen LogP contribution in [0.15, 0.2) is 18.2 Å². The SMILES string of the molecule is Nc1nc(N)c(C(=O)NCc2nc3c(OC(CO)CO)cccc3n2CCOCCO)nc1Cl.O=C(O)C(F)(F)F. The average Bonchev–Trinajstić information content (AvgIpc) is 3.28. The first kappa shape index (κ1) is 33.2. The smallest absolute Gasteiger partial charge is 0.483 e. The van der Waals surface area contributed by atoms with E-state index in [1.807, 2.05) is 10.6 Å². The third kappa shape index (κ3) is 9.29. The predicted octanol–water partition coefficient (Wildman–Crippen LogP) is -0.0517. The minimum absolute atomic E-state index is 0.0144. The highest BCUT2D eigenvalue weighted by molar-refractivity contribution is 6.31. The van der Waals surface area contributed by atoms with E-state index in [1.54, 1.807) is 12.1 Å². The highest BCUT2D eigenvalue weighted by Gasteiger charge is 2.38. The number of halogens is 4. The molecule has 226 valence electrons. The van der Waals surface area contributed by atoms with E-state index in [0.29, 0.717) is 29.2 Å². The van der Waals surface area contributed by atoms with E-state index in [0.717, 1.165) is 0 Å². The predicted molar refractivity (Wildman–Crippen MR) is 137 cm³/mol. The van der Waals surface area contributed by atoms with Crippen molar-refractivity contribution in [3.8, 4) is 5.75 Å². The Morgan fingerprint density at radius 3 is 2.32 bits per heavy atom. The maximum absolute atomic E-state index is 12.7. The van der Waals surface area contributed by atoms with Crippen LogP contribution in [0.25, 0.3) is 11.0 Å². The lowest BCUT2D eigenvalue weighted by Crippen LogP contribution is -2.27. The first-order chi connectivity index (χ1) is 19.3. The number of hydrogen-bond acceptors (Lipinski definition) is 12. The summed E-state index contributed by atoms with van der Waals surface area (Å²) in [5.41, 5.74) is 12.3. The summed E-state index contributed by atoms with van der Waals surface area (Å²) in [6, 6.07) is 5.21. The van der Waals surface area contributed by atoms with Crippen molar-refractivity contribution >= 4 is 46.1 Å². The molecule has 0 saturated carbocycles. The summed E-state index contributed by atoms with van der Waals surface area (Å²) in [7, 11) is 0. The number of nitrogens with two attached hydrogens (primary N) is 2. The van der Waals surface area contributed by atoms with Gasteiger partial charge in [-0.1, -0.05) is 17.7 Å². The van der Waals surface area contributed by atoms with Crippen LogP contribution in [0, 0.1) is 0 Å². The molecule has 0 unspecified atom stereocenters. The van der Waals surface area contributed by atoms with Crippen LogP contribution in [-0.2, 0) is 22.6 Å². The number of carboxylic acids is 1. The Balaban J connectivity index is 0.000000745. The molecule has 15 nitrogen and oxygen atoms in total. The van der Waals surface area contributed by atoms with E-state index in [4.69, 9.17) is 47.5 Å². The van der Waals surface area contributed by atoms with Gasteiger partial charge in [-0.3, -0.25) is 4.79 Å². The topological polar surface area (TPSA) is 241 Å². The Hall–Kier alpha value is -3.97. The molecule has 0 saturated heterocycles. The molecule has 0 radical (unpaired) electrons. The van der Waals surface area contributed by atoms with Crippen molar-refractivity contribution in [3.63, 3.8) is 0 Å². The summed E-state index contributed by atoms with van der Waals surface area (Å²) in [5, 5.41) is 37.3. The lowest BCUT2D eigenvalue weighted by Gasteiger charge is -2.14. The van der Waals surface area contributed by atoms with Crippen LogP contribution in [0.1, 0.15) is 16.3 Å². The standard InChI is InChI=1S/C20H26ClN7O6.C2HF3O2/c21-17-19(23)27-18(22)16(26-17)20(32)24-8-14-25-15-12(28(14)4-6-33-7-5-29)2-1-3-13(15)34-11(9-30)10-31;3-2(4,5)1(6)7/h1-3,11,29-31H,4-10H2,(H,24,32)(H4,22,23,27);(H,6,7). The number of imidazole rings is 1. The van der Waals surface area contributed by atoms with Crippen molar-refractivity contribution in [2.75, 3.05) is 44.5 Å². The molecular formula is C22H27ClF3N7O8. The fraction of sp³-hybridized carbons (Fsp3) is 0.409. The summed E-state index contributed by atoms with van der Waals surface area (Å²) in [6.45, 7) is -0.0562. The quantitative estimate of drug-likeness (QED) is 0.133. The van der Waals surface area contributed by atoms with Gasteiger partial charge in [-0.25, -0.2) is 19.7 Å². The second-order valence-corrected chi connectivity index (χ2v) is 8.22. The molecule has 0 spiro atoms. The number of carbonyl (C=O) groups is 2. The molecule has 3 rings (SSSR count). The molecule has 0 atom stereocenters. The van der Waals surface area contributed by atoms with Gasteiger partial charge in [0.25, 0.3) is 5.91 Å². The number of fused-ring (bicyclic) bond motifs is 1. The largest absolute Gasteiger partial charge is 0.490 e. The number of rotatable bonds is 12. The number of para-hydroxylation sites is 1. The van der Waals surface area contributed by atoms with E-state index in [9.17, 15) is 28.2 Å². The van der Waals surface area contributed by atoms with Crippen molar-refractivity contribution in [1.29, 1.82) is 0 Å². The Morgan fingerprint density at radius 1 is 1.07 bits per heavy atom. The second-order valence-electron chi connectivity index (χ2n) is 7.86. The molecule has 1 amide bonds. The van der Waals surface area contributed by atoms with Crippen LogP contribution in [-0.4, -0.2) is 97.1 Å². The highest BCUT2D eigenvalue weighted by Crippen LogP contribution is 2.27. The lowest BCUT2D eigenvalue weighted by molar-refractivity contribution is -0.192. The molecule has 19 heteroatoms. The highest BCUT2D eigenvalue weighted by atomic mass is 35.5. The van der Waals surface area contributed by atoms with Gasteiger partial charge in [-0.2, -0.15) is 13.2 Å². The minimum atomic E-state index is -5.08. The van der Waals surface area contributed by atoms with Gasteiger partial charge in [0.1, 0.15) is 23.2 Å². The number of ether oxygens (including phenoxy) is 2. The first-order valence-electron chi connectivity index (χ1n) is 11.6. The maximum Gasteiger partial charge on any atom is 0.490 e. The number of carboxylic acid groups (broad SMARTS) is 1. The number of carbonyl (C=O) groups excluding carboxylic acids is 1. The molecule has 0 aliphatic carbocycles. The first-order valence-corrected chi connectivity index (χ1v) is 11.9. The second kappa shape index (κ2) is 15.1. The number of aliphatic hydroxyl groups is 3. The lowest BCUT2D eigenvalue weighted by atomic mass is 10.3. The zero-order valence-corrected chi connectivity index (χ0v) is 21.9. The number of amides is 1. The van der Waals surface area contributed by atoms with Gasteiger partial charge in [0.2, 0.25) is 0 Å². The Morgan fingerprint density at radius 2 is 1.73 bits per heavy atom. The molecule has 0 fully saturated rings. The Bertz CT molecular complexity index is 1340. The fourth-order valence-corrected chi connectivity index (χ4v) is 3.26. The number of anilines is 2. The summed E-state index contributed by atoms with van der Waals surface area (Å²) in [5.74, 6) is -2.82. The summed E-state index contributed by atoms with van der Waals surface area (Å²) in [6.07, 6.45) is -5.90. The molecule has 9 N–H and O–H groups in total. The molecule has 1 aromatic carbocycles. The van der Waals surface area contributed by atoms with Gasteiger partial charge in [-0.15, -0.1) is 0 Å². The normalized spacial score (nSPS) is 11.3. The van der Waals surface area contributed by atoms with Crippen molar-refractivity contribution < 1.29 is 52.7 Å². The van der Waals surface area contributed by atoms with Gasteiger partial charge >= 0.3 is 12.1 Å². The van der Waals surface area contributed by atoms with Crippen LogP contribution in [0.2, 0.25) is 5.15 Å². The van der Waals surface area contributed by atoms with Crippen LogP contribution < -0.4 is 21.5 Å². The van der Waals surface area contributed by atoms with Gasteiger partial charge in [0, 0.05) is 6.54 Å². The monoisotopic (exact) mass is 609 g/mol. The number of alkyl halides is 3. The molecule has 0 aliphatic heterocycles. The molecule has 2 heterocycles. The van der Waals surface area contributed by atoms with Gasteiger partial charge in [0.15, 0.2) is 22.5 Å². The third-order valence-corrected chi connectivity index (χ3v) is 5.26. The Labute approximate surface area is 234 Å². The van der Waals surface area contributed by atoms with Crippen molar-refractivity contribution in [2.45, 2.75) is 25.4 Å². The van der Waals surface area contributed by atoms with E-state index in [1.165, 1.54) is 0 Å².